The standard InChI is InChI=1S/C10H7IN2O/c11-6-13-5-9-10(12)7-3-1-2-4-8(7)14-9/h1-6,12H/b9-5+,12-10?,13-6?. The molecule has 4 heteroatoms. The number of ether oxygens (including phenoxy) is 1. The van der Waals surface area contributed by atoms with Crippen molar-refractivity contribution in [2.24, 2.45) is 4.99 Å². The van der Waals surface area contributed by atoms with Crippen LogP contribution in [0.3, 0.4) is 0 Å². The summed E-state index contributed by atoms with van der Waals surface area (Å²) in [5.74, 6) is 1.23. The highest BCUT2D eigenvalue weighted by molar-refractivity contribution is 14.1. The third-order valence-electron chi connectivity index (χ3n) is 1.87. The molecule has 0 aliphatic carbocycles. The average Bonchev–Trinajstić information content (AvgIpc) is 2.54. The number of fused-ring (bicyclic) bond motifs is 1. The van der Waals surface area contributed by atoms with E-state index in [9.17, 15) is 0 Å². The van der Waals surface area contributed by atoms with Crippen molar-refractivity contribution in [2.75, 3.05) is 0 Å². The molecule has 0 amide bonds. The molecule has 0 spiro atoms. The summed E-state index contributed by atoms with van der Waals surface area (Å²) in [5, 5.41) is 7.80. The molecule has 0 unspecified atom stereocenters. The summed E-state index contributed by atoms with van der Waals surface area (Å²) in [6, 6.07) is 7.49. The Bertz CT molecular complexity index is 438. The summed E-state index contributed by atoms with van der Waals surface area (Å²) >= 11 is 2.02. The number of hydrogen-bond acceptors (Lipinski definition) is 3. The predicted octanol–water partition coefficient (Wildman–Crippen LogP) is 2.75. The quantitative estimate of drug-likeness (QED) is 0.629. The minimum absolute atomic E-state index is 0.391. The molecular formula is C10H7IN2O. The monoisotopic (exact) mass is 298 g/mol. The van der Waals surface area contributed by atoms with E-state index in [0.717, 1.165) is 11.3 Å². The van der Waals surface area contributed by atoms with Gasteiger partial charge >= 0.3 is 0 Å². The molecule has 1 aromatic rings. The van der Waals surface area contributed by atoms with E-state index in [1.165, 1.54) is 0 Å². The van der Waals surface area contributed by atoms with E-state index in [4.69, 9.17) is 10.1 Å². The van der Waals surface area contributed by atoms with Crippen molar-refractivity contribution >= 4 is 32.5 Å². The van der Waals surface area contributed by atoms with Gasteiger partial charge in [-0.3, -0.25) is 10.4 Å². The van der Waals surface area contributed by atoms with Crippen molar-refractivity contribution in [3.63, 3.8) is 0 Å². The molecule has 1 N–H and O–H groups in total. The number of allylic oxidation sites excluding steroid dienone is 1. The molecule has 0 saturated carbocycles. The predicted molar refractivity (Wildman–Crippen MR) is 64.5 cm³/mol. The number of nitrogens with zero attached hydrogens (tertiary/aromatic N) is 1. The summed E-state index contributed by atoms with van der Waals surface area (Å²) in [7, 11) is 0. The number of para-hydroxylation sites is 1. The van der Waals surface area contributed by atoms with Gasteiger partial charge in [-0.2, -0.15) is 0 Å². The van der Waals surface area contributed by atoms with Crippen LogP contribution in [0.5, 0.6) is 5.75 Å². The van der Waals surface area contributed by atoms with Crippen molar-refractivity contribution in [1.29, 1.82) is 5.41 Å². The lowest BCUT2D eigenvalue weighted by Crippen LogP contribution is -1.97. The maximum Gasteiger partial charge on any atom is 0.171 e. The van der Waals surface area contributed by atoms with Gasteiger partial charge < -0.3 is 4.74 Å². The van der Waals surface area contributed by atoms with E-state index in [1.807, 2.05) is 46.9 Å². The van der Waals surface area contributed by atoms with Crippen LogP contribution in [-0.4, -0.2) is 9.93 Å². The Morgan fingerprint density at radius 2 is 2.14 bits per heavy atom. The highest BCUT2D eigenvalue weighted by Crippen LogP contribution is 2.29. The van der Waals surface area contributed by atoms with Crippen LogP contribution in [0.1, 0.15) is 5.56 Å². The zero-order valence-electron chi connectivity index (χ0n) is 7.20. The van der Waals surface area contributed by atoms with Crippen LogP contribution in [0.25, 0.3) is 0 Å². The Morgan fingerprint density at radius 3 is 2.86 bits per heavy atom. The average molecular weight is 298 g/mol. The Kier molecular flexibility index (Phi) is 2.62. The van der Waals surface area contributed by atoms with Crippen molar-refractivity contribution < 1.29 is 4.74 Å². The maximum atomic E-state index is 7.80. The van der Waals surface area contributed by atoms with E-state index in [1.54, 1.807) is 10.4 Å². The molecule has 0 fully saturated rings. The molecule has 0 atom stereocenters. The third-order valence-corrected chi connectivity index (χ3v) is 2.19. The molecule has 0 bridgehead atoms. The molecule has 14 heavy (non-hydrogen) atoms. The molecule has 0 radical (unpaired) electrons. The molecule has 0 saturated heterocycles. The van der Waals surface area contributed by atoms with Crippen LogP contribution in [0.2, 0.25) is 0 Å². The number of nitrogens with one attached hydrogen (secondary N) is 1. The van der Waals surface area contributed by atoms with E-state index in [-0.39, 0.29) is 0 Å². The highest BCUT2D eigenvalue weighted by atomic mass is 127. The van der Waals surface area contributed by atoms with Crippen molar-refractivity contribution in [2.45, 2.75) is 0 Å². The topological polar surface area (TPSA) is 45.4 Å². The fourth-order valence-electron chi connectivity index (χ4n) is 1.25. The number of aliphatic imine (C=N–C) groups is 1. The summed E-state index contributed by atoms with van der Waals surface area (Å²) in [4.78, 5) is 3.92. The van der Waals surface area contributed by atoms with Gasteiger partial charge in [0.1, 0.15) is 11.5 Å². The fourth-order valence-corrected chi connectivity index (χ4v) is 1.41. The minimum Gasteiger partial charge on any atom is -0.453 e. The first-order chi connectivity index (χ1) is 6.83. The second kappa shape index (κ2) is 3.91. The summed E-state index contributed by atoms with van der Waals surface area (Å²) < 4.78 is 7.07. The Labute approximate surface area is 95.2 Å². The van der Waals surface area contributed by atoms with Crippen LogP contribution in [0, 0.1) is 5.41 Å². The van der Waals surface area contributed by atoms with E-state index < -0.39 is 0 Å². The second-order valence-electron chi connectivity index (χ2n) is 2.71. The lowest BCUT2D eigenvalue weighted by molar-refractivity contribution is 0.467. The lowest BCUT2D eigenvalue weighted by Gasteiger charge is -1.94. The molecule has 0 aromatic heterocycles. The summed E-state index contributed by atoms with van der Waals surface area (Å²) in [6.07, 6.45) is 1.55. The van der Waals surface area contributed by atoms with Gasteiger partial charge in [0, 0.05) is 5.56 Å². The SMILES string of the molecule is N=C1/C(=C\N=CI)Oc2ccccc21. The van der Waals surface area contributed by atoms with Crippen LogP contribution in [-0.2, 0) is 0 Å². The molecular weight excluding hydrogens is 291 g/mol. The number of benzene rings is 1. The third kappa shape index (κ3) is 1.57. The zero-order chi connectivity index (χ0) is 9.97. The molecule has 1 aromatic carbocycles. The van der Waals surface area contributed by atoms with Gasteiger partial charge in [-0.05, 0) is 34.7 Å². The van der Waals surface area contributed by atoms with E-state index in [0.29, 0.717) is 11.5 Å². The van der Waals surface area contributed by atoms with Gasteiger partial charge in [0.05, 0.1) is 10.4 Å². The van der Waals surface area contributed by atoms with E-state index in [2.05, 4.69) is 4.99 Å². The summed E-state index contributed by atoms with van der Waals surface area (Å²) in [5.41, 5.74) is 1.21. The molecule has 1 aliphatic heterocycles. The fraction of sp³-hybridized carbons (Fsp3) is 0. The first-order valence-electron chi connectivity index (χ1n) is 4.01. The molecule has 1 heterocycles. The first-order valence-corrected chi connectivity index (χ1v) is 5.25. The first kappa shape index (κ1) is 9.39. The number of rotatable bonds is 1. The van der Waals surface area contributed by atoms with Crippen molar-refractivity contribution in [3.05, 3.63) is 41.8 Å². The Hall–Kier alpha value is -1.17. The Morgan fingerprint density at radius 1 is 1.36 bits per heavy atom. The highest BCUT2D eigenvalue weighted by Gasteiger charge is 2.22. The molecule has 2 rings (SSSR count). The number of halogens is 1. The van der Waals surface area contributed by atoms with E-state index >= 15 is 0 Å². The summed E-state index contributed by atoms with van der Waals surface area (Å²) in [6.45, 7) is 0. The van der Waals surface area contributed by atoms with Gasteiger partial charge in [0.15, 0.2) is 5.76 Å². The van der Waals surface area contributed by atoms with Crippen LogP contribution in [0.15, 0.2) is 41.2 Å². The molecule has 3 nitrogen and oxygen atoms in total. The maximum absolute atomic E-state index is 7.80. The second-order valence-corrected chi connectivity index (χ2v) is 3.27. The smallest absolute Gasteiger partial charge is 0.171 e. The van der Waals surface area contributed by atoms with Gasteiger partial charge in [-0.25, -0.2) is 0 Å². The van der Waals surface area contributed by atoms with Gasteiger partial charge in [-0.15, -0.1) is 0 Å². The van der Waals surface area contributed by atoms with Crippen molar-refractivity contribution in [3.8, 4) is 5.75 Å². The number of hydrogen-bond donors (Lipinski definition) is 1. The lowest BCUT2D eigenvalue weighted by atomic mass is 10.1. The Balaban J connectivity index is 2.39. The van der Waals surface area contributed by atoms with Crippen LogP contribution in [0.4, 0.5) is 0 Å². The van der Waals surface area contributed by atoms with Crippen LogP contribution >= 0.6 is 22.6 Å². The largest absolute Gasteiger partial charge is 0.453 e. The van der Waals surface area contributed by atoms with Gasteiger partial charge in [0.2, 0.25) is 0 Å². The molecule has 70 valence electrons. The zero-order valence-corrected chi connectivity index (χ0v) is 9.36. The van der Waals surface area contributed by atoms with Gasteiger partial charge in [-0.1, -0.05) is 12.1 Å². The van der Waals surface area contributed by atoms with Crippen molar-refractivity contribution in [1.82, 2.24) is 0 Å². The van der Waals surface area contributed by atoms with Gasteiger partial charge in [0.25, 0.3) is 0 Å². The normalized spacial score (nSPS) is 17.5. The minimum atomic E-state index is 0.391. The molecule has 1 aliphatic rings. The van der Waals surface area contributed by atoms with Crippen LogP contribution < -0.4 is 4.74 Å².